The lowest BCUT2D eigenvalue weighted by Crippen LogP contribution is -2.16. The molecule has 1 heterocycles. The van der Waals surface area contributed by atoms with Gasteiger partial charge in [0, 0.05) is 0 Å². The maximum atomic E-state index is 10.3. The maximum Gasteiger partial charge on any atom is 0.363 e. The molecule has 0 bridgehead atoms. The number of carbonyl (C=O) groups is 1. The van der Waals surface area contributed by atoms with E-state index in [-0.39, 0.29) is 17.0 Å². The van der Waals surface area contributed by atoms with Crippen molar-refractivity contribution in [2.24, 2.45) is 0 Å². The van der Waals surface area contributed by atoms with Crippen molar-refractivity contribution < 1.29 is 25.4 Å². The van der Waals surface area contributed by atoms with E-state index in [1.165, 1.54) is 12.4 Å². The third-order valence-electron chi connectivity index (χ3n) is 0.975. The highest BCUT2D eigenvalue weighted by Gasteiger charge is 2.12. The van der Waals surface area contributed by atoms with Crippen molar-refractivity contribution in [3.8, 4) is 0 Å². The van der Waals surface area contributed by atoms with Gasteiger partial charge >= 0.3 is 11.8 Å². The van der Waals surface area contributed by atoms with Gasteiger partial charge in [0.15, 0.2) is 0 Å². The molecule has 0 fully saturated rings. The number of aromatic carboxylic acids is 1. The standard InChI is InChI=1S/C5H5N3O2.NO3.H2O/c6-4-3(5(9)10)7-1-2-8-4;2-1(3)4;/h1-2H,(H2,6,8)(H,9,10);;1H2/q;-1;/p+1. The number of rotatable bonds is 1. The monoisotopic (exact) mass is 220 g/mol. The Labute approximate surface area is 82.4 Å². The number of carboxylic acid groups (broad SMARTS) is 1. The Morgan fingerprint density at radius 1 is 1.60 bits per heavy atom. The molecule has 0 aliphatic carbocycles. The summed E-state index contributed by atoms with van der Waals surface area (Å²) in [5.74, 6) is -1.07. The lowest BCUT2D eigenvalue weighted by molar-refractivity contribution is -0.402. The lowest BCUT2D eigenvalue weighted by Gasteiger charge is -1.89. The Hall–Kier alpha value is -2.49. The van der Waals surface area contributed by atoms with Crippen molar-refractivity contribution >= 4 is 11.8 Å². The number of hydrogen-bond donors (Lipinski definition) is 2. The molecular weight excluding hydrogens is 212 g/mol. The molecule has 0 radical (unpaired) electrons. The number of aromatic amines is 1. The third kappa shape index (κ3) is 6.65. The number of aromatic nitrogens is 2. The molecule has 0 unspecified atom stereocenters. The normalized spacial score (nSPS) is 7.73. The van der Waals surface area contributed by atoms with Crippen LogP contribution in [-0.2, 0) is 0 Å². The van der Waals surface area contributed by atoms with Crippen LogP contribution in [0.25, 0.3) is 0 Å². The minimum Gasteiger partial charge on any atom is -0.476 e. The summed E-state index contributed by atoms with van der Waals surface area (Å²) in [5, 5.41) is 23.2. The number of anilines is 1. The zero-order valence-electron chi connectivity index (χ0n) is 7.21. The van der Waals surface area contributed by atoms with Crippen LogP contribution in [0.2, 0.25) is 0 Å². The molecule has 0 amide bonds. The first-order valence-corrected chi connectivity index (χ1v) is 3.12. The van der Waals surface area contributed by atoms with Gasteiger partial charge in [0.25, 0.3) is 0 Å². The van der Waals surface area contributed by atoms with Gasteiger partial charge in [-0.3, -0.25) is 5.73 Å². The van der Waals surface area contributed by atoms with Crippen LogP contribution in [0.15, 0.2) is 12.4 Å². The second-order valence-corrected chi connectivity index (χ2v) is 1.88. The van der Waals surface area contributed by atoms with E-state index in [4.69, 9.17) is 26.2 Å². The number of nitrogens with one attached hydrogen (secondary N) is 1. The first-order valence-electron chi connectivity index (χ1n) is 3.12. The number of hydrogen-bond acceptors (Lipinski definition) is 6. The van der Waals surface area contributed by atoms with Crippen LogP contribution in [-0.4, -0.2) is 26.6 Å². The molecule has 6 N–H and O–H groups in total. The smallest absolute Gasteiger partial charge is 0.363 e. The topological polar surface area (TPSA) is 188 Å². The molecule has 15 heavy (non-hydrogen) atoms. The van der Waals surface area contributed by atoms with Gasteiger partial charge in [-0.25, -0.2) is 14.8 Å². The van der Waals surface area contributed by atoms with Crippen molar-refractivity contribution in [1.29, 1.82) is 0 Å². The van der Waals surface area contributed by atoms with Crippen LogP contribution in [0.3, 0.4) is 0 Å². The molecule has 0 aliphatic rings. The van der Waals surface area contributed by atoms with Gasteiger partial charge in [0.2, 0.25) is 5.69 Å². The molecular formula is C5H8N4O6. The number of nitrogens with zero attached hydrogens (tertiary/aromatic N) is 2. The summed E-state index contributed by atoms with van der Waals surface area (Å²) in [6.07, 6.45) is 2.79. The zero-order chi connectivity index (χ0) is 11.1. The number of nitrogens with two attached hydrogens (primary N) is 1. The molecule has 0 saturated heterocycles. The molecule has 0 atom stereocenters. The first-order chi connectivity index (χ1) is 6.45. The Morgan fingerprint density at radius 2 is 2.07 bits per heavy atom. The van der Waals surface area contributed by atoms with Crippen LogP contribution in [0.1, 0.15) is 10.5 Å². The summed E-state index contributed by atoms with van der Waals surface area (Å²) in [7, 11) is 0. The van der Waals surface area contributed by atoms with Crippen molar-refractivity contribution in [2.45, 2.75) is 0 Å². The Balaban J connectivity index is 0. The largest absolute Gasteiger partial charge is 0.476 e. The predicted molar refractivity (Wildman–Crippen MR) is 46.1 cm³/mol. The summed E-state index contributed by atoms with van der Waals surface area (Å²) in [4.78, 5) is 24.5. The fourth-order valence-corrected chi connectivity index (χ4v) is 0.547. The highest BCUT2D eigenvalue weighted by Crippen LogP contribution is 1.96. The maximum absolute atomic E-state index is 10.3. The predicted octanol–water partition coefficient (Wildman–Crippen LogP) is -1.89. The second-order valence-electron chi connectivity index (χ2n) is 1.88. The van der Waals surface area contributed by atoms with Crippen molar-refractivity contribution in [1.82, 2.24) is 4.98 Å². The summed E-state index contributed by atoms with van der Waals surface area (Å²) in [6, 6.07) is 0. The minimum atomic E-state index is -1.75. The summed E-state index contributed by atoms with van der Waals surface area (Å²) >= 11 is 0. The summed E-state index contributed by atoms with van der Waals surface area (Å²) < 4.78 is 0. The van der Waals surface area contributed by atoms with Crippen LogP contribution in [0.5, 0.6) is 0 Å². The van der Waals surface area contributed by atoms with Gasteiger partial charge in [-0.2, -0.15) is 0 Å². The second kappa shape index (κ2) is 6.97. The first kappa shape index (κ1) is 15.0. The van der Waals surface area contributed by atoms with Gasteiger partial charge < -0.3 is 25.9 Å². The molecule has 1 aromatic heterocycles. The van der Waals surface area contributed by atoms with E-state index in [2.05, 4.69) is 9.97 Å². The summed E-state index contributed by atoms with van der Waals surface area (Å²) in [6.45, 7) is 0. The minimum absolute atomic E-state index is 0. The Kier molecular flexibility index (Phi) is 6.97. The van der Waals surface area contributed by atoms with E-state index in [0.29, 0.717) is 0 Å². The van der Waals surface area contributed by atoms with Crippen molar-refractivity contribution in [3.05, 3.63) is 33.4 Å². The van der Waals surface area contributed by atoms with Gasteiger partial charge in [0.1, 0.15) is 6.20 Å². The average Bonchev–Trinajstić information content (AvgIpc) is 2.03. The Morgan fingerprint density at radius 3 is 2.33 bits per heavy atom. The van der Waals surface area contributed by atoms with Gasteiger partial charge in [-0.15, -0.1) is 0 Å². The van der Waals surface area contributed by atoms with Crippen molar-refractivity contribution in [2.75, 3.05) is 5.73 Å². The molecule has 10 heteroatoms. The van der Waals surface area contributed by atoms with E-state index < -0.39 is 11.1 Å². The van der Waals surface area contributed by atoms with Crippen molar-refractivity contribution in [3.63, 3.8) is 0 Å². The van der Waals surface area contributed by atoms with Crippen LogP contribution in [0, 0.1) is 15.3 Å². The highest BCUT2D eigenvalue weighted by molar-refractivity contribution is 5.89. The Bertz CT molecular complexity index is 338. The molecule has 10 nitrogen and oxygen atoms in total. The SMILES string of the molecule is Nc1[nH+]ccnc1C(=O)O.O.O=[N+]([O-])[O-]. The third-order valence-corrected chi connectivity index (χ3v) is 0.975. The quantitative estimate of drug-likeness (QED) is 0.408. The zero-order valence-corrected chi connectivity index (χ0v) is 7.21. The fraction of sp³-hybridized carbons (Fsp3) is 0. The van der Waals surface area contributed by atoms with Gasteiger partial charge in [-0.1, -0.05) is 0 Å². The molecule has 0 aliphatic heterocycles. The number of nitrogen functional groups attached to an aromatic ring is 1. The van der Waals surface area contributed by atoms with E-state index in [9.17, 15) is 4.79 Å². The van der Waals surface area contributed by atoms with Gasteiger partial charge in [-0.05, 0) is 0 Å². The van der Waals surface area contributed by atoms with Crippen LogP contribution < -0.4 is 10.7 Å². The number of carboxylic acids is 1. The van der Waals surface area contributed by atoms with E-state index in [1.54, 1.807) is 0 Å². The van der Waals surface area contributed by atoms with E-state index in [0.717, 1.165) is 0 Å². The molecule has 1 aromatic rings. The molecule has 84 valence electrons. The highest BCUT2D eigenvalue weighted by atomic mass is 16.9. The number of H-pyrrole nitrogens is 1. The van der Waals surface area contributed by atoms with Crippen LogP contribution >= 0.6 is 0 Å². The van der Waals surface area contributed by atoms with E-state index >= 15 is 0 Å². The van der Waals surface area contributed by atoms with Gasteiger partial charge in [0.05, 0.1) is 11.3 Å². The van der Waals surface area contributed by atoms with Crippen LogP contribution in [0.4, 0.5) is 5.82 Å². The summed E-state index contributed by atoms with van der Waals surface area (Å²) in [5.41, 5.74) is 5.07. The fourth-order valence-electron chi connectivity index (χ4n) is 0.547. The molecule has 1 rings (SSSR count). The van der Waals surface area contributed by atoms with E-state index in [1.807, 2.05) is 0 Å². The molecule has 0 spiro atoms. The average molecular weight is 220 g/mol. The lowest BCUT2D eigenvalue weighted by atomic mass is 10.4. The molecule has 0 saturated carbocycles. The molecule has 0 aromatic carbocycles.